The summed E-state index contributed by atoms with van der Waals surface area (Å²) in [6, 6.07) is 34.7. The topological polar surface area (TPSA) is 6.48 Å². The van der Waals surface area contributed by atoms with Gasteiger partial charge in [0.2, 0.25) is 0 Å². The molecule has 0 aliphatic rings. The van der Waals surface area contributed by atoms with Gasteiger partial charge in [-0.2, -0.15) is 0 Å². The van der Waals surface area contributed by atoms with Crippen molar-refractivity contribution in [1.29, 1.82) is 0 Å². The Bertz CT molecular complexity index is 1000. The maximum absolute atomic E-state index is 2.21. The molecule has 0 aromatic heterocycles. The van der Waals surface area contributed by atoms with Crippen LogP contribution < -0.4 is 9.80 Å². The van der Waals surface area contributed by atoms with Crippen LogP contribution in [0, 0.1) is 13.8 Å². The maximum atomic E-state index is 2.21. The van der Waals surface area contributed by atoms with Gasteiger partial charge >= 0.3 is 0 Å². The molecular formula is C28H28N2. The minimum absolute atomic E-state index is 1.18. The fraction of sp³-hybridized carbons (Fsp3) is 0.143. The predicted molar refractivity (Wildman–Crippen MR) is 130 cm³/mol. The Morgan fingerprint density at radius 2 is 0.600 bits per heavy atom. The van der Waals surface area contributed by atoms with Crippen molar-refractivity contribution in [2.45, 2.75) is 13.8 Å². The lowest BCUT2D eigenvalue weighted by atomic mass is 10.0. The fourth-order valence-corrected chi connectivity index (χ4v) is 3.59. The molecular weight excluding hydrogens is 364 g/mol. The maximum Gasteiger partial charge on any atom is 0.0408 e. The molecule has 4 rings (SSSR count). The summed E-state index contributed by atoms with van der Waals surface area (Å²) >= 11 is 0. The van der Waals surface area contributed by atoms with Gasteiger partial charge in [0, 0.05) is 36.8 Å². The number of aryl methyl sites for hydroxylation is 2. The minimum Gasteiger partial charge on any atom is -0.345 e. The summed E-state index contributed by atoms with van der Waals surface area (Å²) < 4.78 is 0. The van der Waals surface area contributed by atoms with Gasteiger partial charge in [0.1, 0.15) is 0 Å². The molecule has 0 atom stereocenters. The third-order valence-electron chi connectivity index (χ3n) is 5.69. The standard InChI is InChI=1S/C28H28N2/c1-21-5-13-25(14-6-21)29(3)27-17-9-23(10-18-27)24-11-19-28(20-12-24)30(4)26-15-7-22(2)8-16-26/h5-20H,1-4H3. The Morgan fingerprint density at radius 1 is 0.367 bits per heavy atom. The van der Waals surface area contributed by atoms with Gasteiger partial charge in [-0.05, 0) is 73.5 Å². The van der Waals surface area contributed by atoms with Crippen molar-refractivity contribution >= 4 is 22.7 Å². The molecule has 0 radical (unpaired) electrons. The summed E-state index contributed by atoms with van der Waals surface area (Å²) in [5.74, 6) is 0. The van der Waals surface area contributed by atoms with Crippen LogP contribution in [0.4, 0.5) is 22.7 Å². The first-order valence-electron chi connectivity index (χ1n) is 10.3. The Kier molecular flexibility index (Phi) is 5.58. The van der Waals surface area contributed by atoms with Crippen LogP contribution >= 0.6 is 0 Å². The Labute approximate surface area is 180 Å². The first kappa shape index (κ1) is 19.8. The average Bonchev–Trinajstić information content (AvgIpc) is 2.79. The number of rotatable bonds is 5. The number of hydrogen-bond donors (Lipinski definition) is 0. The largest absolute Gasteiger partial charge is 0.345 e. The number of hydrogen-bond acceptors (Lipinski definition) is 2. The second-order valence-corrected chi connectivity index (χ2v) is 7.88. The average molecular weight is 393 g/mol. The second kappa shape index (κ2) is 8.46. The van der Waals surface area contributed by atoms with E-state index in [0.717, 1.165) is 0 Å². The zero-order valence-corrected chi connectivity index (χ0v) is 18.1. The molecule has 0 fully saturated rings. The molecule has 4 aromatic rings. The fourth-order valence-electron chi connectivity index (χ4n) is 3.59. The van der Waals surface area contributed by atoms with Gasteiger partial charge in [-0.1, -0.05) is 59.7 Å². The summed E-state index contributed by atoms with van der Waals surface area (Å²) in [5.41, 5.74) is 9.74. The minimum atomic E-state index is 1.18. The molecule has 0 bridgehead atoms. The quantitative estimate of drug-likeness (QED) is 0.347. The summed E-state index contributed by atoms with van der Waals surface area (Å²) in [5, 5.41) is 0. The Hall–Kier alpha value is -3.52. The van der Waals surface area contributed by atoms with Gasteiger partial charge in [-0.15, -0.1) is 0 Å². The summed E-state index contributed by atoms with van der Waals surface area (Å²) in [6.45, 7) is 4.23. The second-order valence-electron chi connectivity index (χ2n) is 7.88. The molecule has 0 unspecified atom stereocenters. The van der Waals surface area contributed by atoms with Gasteiger partial charge in [0.05, 0.1) is 0 Å². The van der Waals surface area contributed by atoms with Crippen LogP contribution in [-0.2, 0) is 0 Å². The lowest BCUT2D eigenvalue weighted by Gasteiger charge is -2.21. The van der Waals surface area contributed by atoms with Crippen molar-refractivity contribution in [2.75, 3.05) is 23.9 Å². The molecule has 0 spiro atoms. The Morgan fingerprint density at radius 3 is 0.867 bits per heavy atom. The molecule has 0 amide bonds. The first-order chi connectivity index (χ1) is 14.5. The molecule has 30 heavy (non-hydrogen) atoms. The van der Waals surface area contributed by atoms with Crippen LogP contribution in [0.25, 0.3) is 11.1 Å². The van der Waals surface area contributed by atoms with Crippen LogP contribution in [0.1, 0.15) is 11.1 Å². The first-order valence-corrected chi connectivity index (χ1v) is 10.3. The van der Waals surface area contributed by atoms with E-state index in [2.05, 4.69) is 135 Å². The van der Waals surface area contributed by atoms with E-state index in [0.29, 0.717) is 0 Å². The molecule has 150 valence electrons. The van der Waals surface area contributed by atoms with Crippen LogP contribution in [-0.4, -0.2) is 14.1 Å². The van der Waals surface area contributed by atoms with E-state index < -0.39 is 0 Å². The van der Waals surface area contributed by atoms with Crippen molar-refractivity contribution in [3.05, 3.63) is 108 Å². The van der Waals surface area contributed by atoms with E-state index in [9.17, 15) is 0 Å². The highest BCUT2D eigenvalue weighted by molar-refractivity contribution is 5.72. The normalized spacial score (nSPS) is 10.7. The monoisotopic (exact) mass is 392 g/mol. The van der Waals surface area contributed by atoms with Gasteiger partial charge in [-0.3, -0.25) is 0 Å². The van der Waals surface area contributed by atoms with Crippen LogP contribution in [0.3, 0.4) is 0 Å². The third kappa shape index (κ3) is 4.23. The highest BCUT2D eigenvalue weighted by atomic mass is 15.1. The SMILES string of the molecule is Cc1ccc(N(C)c2ccc(-c3ccc(N(C)c4ccc(C)cc4)cc3)cc2)cc1. The zero-order chi connectivity index (χ0) is 21.1. The van der Waals surface area contributed by atoms with Crippen molar-refractivity contribution in [2.24, 2.45) is 0 Å². The van der Waals surface area contributed by atoms with E-state index in [-0.39, 0.29) is 0 Å². The van der Waals surface area contributed by atoms with Gasteiger partial charge in [0.15, 0.2) is 0 Å². The number of nitrogens with zero attached hydrogens (tertiary/aromatic N) is 2. The van der Waals surface area contributed by atoms with Crippen LogP contribution in [0.5, 0.6) is 0 Å². The molecule has 0 aliphatic heterocycles. The lowest BCUT2D eigenvalue weighted by Crippen LogP contribution is -2.09. The molecule has 2 nitrogen and oxygen atoms in total. The highest BCUT2D eigenvalue weighted by Gasteiger charge is 2.07. The Balaban J connectivity index is 1.50. The van der Waals surface area contributed by atoms with Crippen molar-refractivity contribution in [1.82, 2.24) is 0 Å². The van der Waals surface area contributed by atoms with Gasteiger partial charge < -0.3 is 9.80 Å². The molecule has 2 heteroatoms. The molecule has 0 saturated heterocycles. The van der Waals surface area contributed by atoms with E-state index >= 15 is 0 Å². The van der Waals surface area contributed by atoms with E-state index in [1.54, 1.807) is 0 Å². The molecule has 0 N–H and O–H groups in total. The van der Waals surface area contributed by atoms with Gasteiger partial charge in [-0.25, -0.2) is 0 Å². The summed E-state index contributed by atoms with van der Waals surface area (Å²) in [6.07, 6.45) is 0. The molecule has 0 saturated carbocycles. The lowest BCUT2D eigenvalue weighted by molar-refractivity contribution is 1.20. The van der Waals surface area contributed by atoms with Crippen molar-refractivity contribution in [3.63, 3.8) is 0 Å². The predicted octanol–water partition coefficient (Wildman–Crippen LogP) is 7.51. The van der Waals surface area contributed by atoms with Gasteiger partial charge in [0.25, 0.3) is 0 Å². The third-order valence-corrected chi connectivity index (χ3v) is 5.69. The van der Waals surface area contributed by atoms with E-state index in [1.807, 2.05) is 0 Å². The van der Waals surface area contributed by atoms with Crippen molar-refractivity contribution in [3.8, 4) is 11.1 Å². The highest BCUT2D eigenvalue weighted by Crippen LogP contribution is 2.30. The van der Waals surface area contributed by atoms with E-state index in [4.69, 9.17) is 0 Å². The summed E-state index contributed by atoms with van der Waals surface area (Å²) in [4.78, 5) is 4.42. The number of benzene rings is 4. The molecule has 0 aliphatic carbocycles. The zero-order valence-electron chi connectivity index (χ0n) is 18.1. The molecule has 0 heterocycles. The smallest absolute Gasteiger partial charge is 0.0408 e. The van der Waals surface area contributed by atoms with Crippen molar-refractivity contribution < 1.29 is 0 Å². The summed E-state index contributed by atoms with van der Waals surface area (Å²) in [7, 11) is 4.21. The van der Waals surface area contributed by atoms with Crippen LogP contribution in [0.2, 0.25) is 0 Å². The molecule has 4 aromatic carbocycles. The van der Waals surface area contributed by atoms with E-state index in [1.165, 1.54) is 45.0 Å². The number of anilines is 4. The van der Waals surface area contributed by atoms with Crippen LogP contribution in [0.15, 0.2) is 97.1 Å².